The van der Waals surface area contributed by atoms with Crippen molar-refractivity contribution in [2.24, 2.45) is 0 Å². The van der Waals surface area contributed by atoms with Crippen molar-refractivity contribution in [1.29, 1.82) is 0 Å². The quantitative estimate of drug-likeness (QED) is 0.789. The van der Waals surface area contributed by atoms with Crippen molar-refractivity contribution in [3.8, 4) is 16.9 Å². The van der Waals surface area contributed by atoms with Crippen molar-refractivity contribution in [1.82, 2.24) is 0 Å². The molecule has 2 aromatic carbocycles. The van der Waals surface area contributed by atoms with Gasteiger partial charge in [0.1, 0.15) is 5.75 Å². The number of esters is 1. The lowest BCUT2D eigenvalue weighted by Crippen LogP contribution is -2.04. The number of methoxy groups -OCH3 is 2. The predicted octanol–water partition coefficient (Wildman–Crippen LogP) is 3.08. The van der Waals surface area contributed by atoms with Crippen LogP contribution in [0.5, 0.6) is 5.75 Å². The van der Waals surface area contributed by atoms with E-state index in [1.165, 1.54) is 7.11 Å². The smallest absolute Gasteiger partial charge is 0.309 e. The number of hydrogen-bond donors (Lipinski definition) is 0. The Labute approximate surface area is 112 Å². The van der Waals surface area contributed by atoms with E-state index in [4.69, 9.17) is 4.74 Å². The number of carbonyl (C=O) groups is 1. The molecule has 2 aromatic rings. The number of benzene rings is 2. The van der Waals surface area contributed by atoms with Gasteiger partial charge in [-0.15, -0.1) is 0 Å². The second-order valence-corrected chi connectivity index (χ2v) is 4.18. The lowest BCUT2D eigenvalue weighted by atomic mass is 10.0. The summed E-state index contributed by atoms with van der Waals surface area (Å²) in [6, 6.07) is 15.7. The molecule has 3 heteroatoms. The van der Waals surface area contributed by atoms with Crippen LogP contribution >= 0.6 is 0 Å². The fraction of sp³-hybridized carbons (Fsp3) is 0.188. The summed E-state index contributed by atoms with van der Waals surface area (Å²) in [5, 5.41) is 0. The molecule has 0 N–H and O–H groups in total. The van der Waals surface area contributed by atoms with Gasteiger partial charge in [0.05, 0.1) is 20.6 Å². The highest BCUT2D eigenvalue weighted by molar-refractivity contribution is 5.73. The minimum absolute atomic E-state index is 0.228. The van der Waals surface area contributed by atoms with Crippen molar-refractivity contribution in [3.63, 3.8) is 0 Å². The molecule has 0 aliphatic carbocycles. The Bertz CT molecular complexity index is 558. The van der Waals surface area contributed by atoms with Crippen LogP contribution in [0.25, 0.3) is 11.1 Å². The van der Waals surface area contributed by atoms with Crippen molar-refractivity contribution >= 4 is 5.97 Å². The van der Waals surface area contributed by atoms with E-state index in [2.05, 4.69) is 4.74 Å². The summed E-state index contributed by atoms with van der Waals surface area (Å²) < 4.78 is 9.85. The fourth-order valence-electron chi connectivity index (χ4n) is 1.86. The normalized spacial score (nSPS) is 10.0. The maximum atomic E-state index is 11.2. The monoisotopic (exact) mass is 256 g/mol. The average Bonchev–Trinajstić information content (AvgIpc) is 2.48. The van der Waals surface area contributed by atoms with Gasteiger partial charge in [-0.05, 0) is 28.8 Å². The predicted molar refractivity (Wildman–Crippen MR) is 74.2 cm³/mol. The van der Waals surface area contributed by atoms with Crippen molar-refractivity contribution in [3.05, 3.63) is 54.1 Å². The molecule has 0 aliphatic heterocycles. The summed E-state index contributed by atoms with van der Waals surface area (Å²) in [6.45, 7) is 0. The Morgan fingerprint density at radius 2 is 1.74 bits per heavy atom. The molecule has 0 heterocycles. The third-order valence-electron chi connectivity index (χ3n) is 2.93. The van der Waals surface area contributed by atoms with Crippen LogP contribution in [0.15, 0.2) is 48.5 Å². The first kappa shape index (κ1) is 13.1. The molecule has 0 amide bonds. The Hall–Kier alpha value is -2.29. The lowest BCUT2D eigenvalue weighted by Gasteiger charge is -2.06. The Morgan fingerprint density at radius 3 is 2.37 bits per heavy atom. The summed E-state index contributed by atoms with van der Waals surface area (Å²) in [7, 11) is 3.05. The van der Waals surface area contributed by atoms with Crippen molar-refractivity contribution < 1.29 is 14.3 Å². The zero-order valence-electron chi connectivity index (χ0n) is 11.1. The highest BCUT2D eigenvalue weighted by atomic mass is 16.5. The highest BCUT2D eigenvalue weighted by Crippen LogP contribution is 2.24. The van der Waals surface area contributed by atoms with Crippen LogP contribution in [0.1, 0.15) is 5.56 Å². The largest absolute Gasteiger partial charge is 0.497 e. The molecule has 0 atom stereocenters. The maximum Gasteiger partial charge on any atom is 0.309 e. The third-order valence-corrected chi connectivity index (χ3v) is 2.93. The molecule has 0 saturated heterocycles. The fourth-order valence-corrected chi connectivity index (χ4v) is 1.86. The SMILES string of the molecule is COC(=O)Cc1ccc(-c2cccc(OC)c2)cc1. The molecular weight excluding hydrogens is 240 g/mol. The van der Waals surface area contributed by atoms with Crippen molar-refractivity contribution in [2.45, 2.75) is 6.42 Å². The lowest BCUT2D eigenvalue weighted by molar-refractivity contribution is -0.139. The standard InChI is InChI=1S/C16H16O3/c1-18-15-5-3-4-14(11-15)13-8-6-12(7-9-13)10-16(17)19-2/h3-9,11H,10H2,1-2H3. The second-order valence-electron chi connectivity index (χ2n) is 4.18. The molecular formula is C16H16O3. The first-order valence-corrected chi connectivity index (χ1v) is 6.03. The van der Waals surface area contributed by atoms with Crippen LogP contribution < -0.4 is 4.74 Å². The minimum Gasteiger partial charge on any atom is -0.497 e. The number of rotatable bonds is 4. The van der Waals surface area contributed by atoms with Crippen molar-refractivity contribution in [2.75, 3.05) is 14.2 Å². The van der Waals surface area contributed by atoms with Gasteiger partial charge in [-0.1, -0.05) is 36.4 Å². The van der Waals surface area contributed by atoms with E-state index in [-0.39, 0.29) is 5.97 Å². The van der Waals surface area contributed by atoms with E-state index in [1.807, 2.05) is 48.5 Å². The highest BCUT2D eigenvalue weighted by Gasteiger charge is 2.04. The molecule has 0 bridgehead atoms. The van der Waals surface area contributed by atoms with Gasteiger partial charge in [0.2, 0.25) is 0 Å². The summed E-state index contributed by atoms with van der Waals surface area (Å²) in [5.74, 6) is 0.602. The first-order chi connectivity index (χ1) is 9.22. The molecule has 0 radical (unpaired) electrons. The Morgan fingerprint density at radius 1 is 1.00 bits per heavy atom. The Kier molecular flexibility index (Phi) is 4.18. The zero-order valence-corrected chi connectivity index (χ0v) is 11.1. The van der Waals surface area contributed by atoms with Gasteiger partial charge < -0.3 is 9.47 Å². The van der Waals surface area contributed by atoms with Crippen LogP contribution in [0.2, 0.25) is 0 Å². The molecule has 0 spiro atoms. The van der Waals surface area contributed by atoms with E-state index in [9.17, 15) is 4.79 Å². The van der Waals surface area contributed by atoms with Gasteiger partial charge in [-0.25, -0.2) is 0 Å². The average molecular weight is 256 g/mol. The summed E-state index contributed by atoms with van der Waals surface area (Å²) in [6.07, 6.45) is 0.300. The van der Waals surface area contributed by atoms with Gasteiger partial charge in [0.15, 0.2) is 0 Å². The molecule has 98 valence electrons. The molecule has 0 unspecified atom stereocenters. The zero-order chi connectivity index (χ0) is 13.7. The first-order valence-electron chi connectivity index (χ1n) is 6.03. The summed E-state index contributed by atoms with van der Waals surface area (Å²) in [5.41, 5.74) is 3.12. The summed E-state index contributed by atoms with van der Waals surface area (Å²) >= 11 is 0. The van der Waals surface area contributed by atoms with E-state index >= 15 is 0 Å². The molecule has 0 aliphatic rings. The summed E-state index contributed by atoms with van der Waals surface area (Å²) in [4.78, 5) is 11.2. The second kappa shape index (κ2) is 6.05. The van der Waals surface area contributed by atoms with Crippen LogP contribution in [0.3, 0.4) is 0 Å². The van der Waals surface area contributed by atoms with E-state index in [0.717, 1.165) is 22.4 Å². The molecule has 0 saturated carbocycles. The van der Waals surface area contributed by atoms with Gasteiger partial charge >= 0.3 is 5.97 Å². The number of hydrogen-bond acceptors (Lipinski definition) is 3. The van der Waals surface area contributed by atoms with E-state index < -0.39 is 0 Å². The number of ether oxygens (including phenoxy) is 2. The minimum atomic E-state index is -0.228. The van der Waals surface area contributed by atoms with Crippen LogP contribution in [-0.4, -0.2) is 20.2 Å². The van der Waals surface area contributed by atoms with Gasteiger partial charge in [-0.2, -0.15) is 0 Å². The maximum absolute atomic E-state index is 11.2. The topological polar surface area (TPSA) is 35.5 Å². The van der Waals surface area contributed by atoms with Crippen LogP contribution in [0, 0.1) is 0 Å². The van der Waals surface area contributed by atoms with E-state index in [0.29, 0.717) is 6.42 Å². The third kappa shape index (κ3) is 3.35. The number of carbonyl (C=O) groups excluding carboxylic acids is 1. The van der Waals surface area contributed by atoms with Crippen LogP contribution in [0.4, 0.5) is 0 Å². The molecule has 3 nitrogen and oxygen atoms in total. The molecule has 0 fully saturated rings. The van der Waals surface area contributed by atoms with Gasteiger partial charge in [0.25, 0.3) is 0 Å². The van der Waals surface area contributed by atoms with Gasteiger partial charge in [0, 0.05) is 0 Å². The van der Waals surface area contributed by atoms with Gasteiger partial charge in [-0.3, -0.25) is 4.79 Å². The molecule has 19 heavy (non-hydrogen) atoms. The van der Waals surface area contributed by atoms with E-state index in [1.54, 1.807) is 7.11 Å². The van der Waals surface area contributed by atoms with Crippen LogP contribution in [-0.2, 0) is 16.0 Å². The Balaban J connectivity index is 2.19. The molecule has 2 rings (SSSR count). The molecule has 0 aromatic heterocycles.